The molecule has 1 aliphatic carbocycles. The molecule has 3 rings (SSSR count). The van der Waals surface area contributed by atoms with Crippen LogP contribution in [-0.4, -0.2) is 29.6 Å². The molecule has 1 aromatic carbocycles. The summed E-state index contributed by atoms with van der Waals surface area (Å²) in [5.41, 5.74) is 2.53. The summed E-state index contributed by atoms with van der Waals surface area (Å²) in [6.45, 7) is 0.841. The van der Waals surface area contributed by atoms with E-state index < -0.39 is 11.9 Å². The molecular weight excluding hydrogens is 389 g/mol. The van der Waals surface area contributed by atoms with Gasteiger partial charge in [-0.15, -0.1) is 11.3 Å². The number of fused-ring (bicyclic) bond motifs is 1. The van der Waals surface area contributed by atoms with E-state index in [4.69, 9.17) is 0 Å². The molecule has 0 unspecified atom stereocenters. The Kier molecular flexibility index (Phi) is 6.43. The van der Waals surface area contributed by atoms with Crippen LogP contribution in [0, 0.1) is 0 Å². The highest BCUT2D eigenvalue weighted by atomic mass is 32.1. The second-order valence-corrected chi connectivity index (χ2v) is 7.58. The van der Waals surface area contributed by atoms with Gasteiger partial charge >= 0.3 is 6.18 Å². The number of halogens is 3. The van der Waals surface area contributed by atoms with E-state index in [1.165, 1.54) is 17.5 Å². The first kappa shape index (κ1) is 20.4. The highest BCUT2D eigenvalue weighted by Crippen LogP contribution is 2.31. The third-order valence-corrected chi connectivity index (χ3v) is 5.66. The number of guanidine groups is 1. The Labute approximate surface area is 165 Å². The SMILES string of the molecule is CN=C(NCCc1nc(C(F)(F)F)cs1)NCc1c(O)ccc2c1CCCC2. The lowest BCUT2D eigenvalue weighted by molar-refractivity contribution is -0.140. The van der Waals surface area contributed by atoms with Gasteiger partial charge < -0.3 is 15.7 Å². The molecular formula is C19H23F3N4OS. The van der Waals surface area contributed by atoms with Gasteiger partial charge in [-0.3, -0.25) is 4.99 Å². The monoisotopic (exact) mass is 412 g/mol. The molecule has 9 heteroatoms. The lowest BCUT2D eigenvalue weighted by Crippen LogP contribution is -2.38. The molecule has 0 bridgehead atoms. The number of hydrogen-bond acceptors (Lipinski definition) is 4. The fourth-order valence-corrected chi connectivity index (χ4v) is 4.13. The van der Waals surface area contributed by atoms with Crippen LogP contribution in [-0.2, 0) is 32.0 Å². The van der Waals surface area contributed by atoms with Gasteiger partial charge in [-0.25, -0.2) is 4.98 Å². The standard InChI is InChI=1S/C19H23F3N4OS/c1-23-18(24-9-8-17-26-16(11-28-17)19(20,21)22)25-10-14-13-5-3-2-4-12(13)6-7-15(14)27/h6-7,11,27H,2-5,8-10H2,1H3,(H2,23,24,25). The summed E-state index contributed by atoms with van der Waals surface area (Å²) in [6, 6.07) is 3.72. The zero-order chi connectivity index (χ0) is 20.1. The number of aromatic nitrogens is 1. The first-order valence-corrected chi connectivity index (χ1v) is 10.0. The number of alkyl halides is 3. The Morgan fingerprint density at radius 1 is 1.25 bits per heavy atom. The van der Waals surface area contributed by atoms with Gasteiger partial charge in [0.1, 0.15) is 5.75 Å². The van der Waals surface area contributed by atoms with Crippen molar-refractivity contribution in [1.29, 1.82) is 0 Å². The van der Waals surface area contributed by atoms with Gasteiger partial charge in [-0.1, -0.05) is 6.07 Å². The van der Waals surface area contributed by atoms with Gasteiger partial charge in [-0.2, -0.15) is 13.2 Å². The van der Waals surface area contributed by atoms with Crippen molar-refractivity contribution in [3.8, 4) is 5.75 Å². The van der Waals surface area contributed by atoms with Crippen LogP contribution in [0.3, 0.4) is 0 Å². The van der Waals surface area contributed by atoms with Crippen molar-refractivity contribution in [2.75, 3.05) is 13.6 Å². The number of nitrogens with zero attached hydrogens (tertiary/aromatic N) is 2. The number of benzene rings is 1. The molecule has 0 radical (unpaired) electrons. The average molecular weight is 412 g/mol. The minimum Gasteiger partial charge on any atom is -0.508 e. The van der Waals surface area contributed by atoms with Crippen LogP contribution in [0.2, 0.25) is 0 Å². The van der Waals surface area contributed by atoms with Crippen LogP contribution in [0.15, 0.2) is 22.5 Å². The van der Waals surface area contributed by atoms with Crippen molar-refractivity contribution in [3.05, 3.63) is 44.9 Å². The lowest BCUT2D eigenvalue weighted by Gasteiger charge is -2.21. The van der Waals surface area contributed by atoms with Gasteiger partial charge in [-0.05, 0) is 42.9 Å². The van der Waals surface area contributed by atoms with E-state index in [1.54, 1.807) is 13.1 Å². The summed E-state index contributed by atoms with van der Waals surface area (Å²) in [4.78, 5) is 7.75. The van der Waals surface area contributed by atoms with E-state index in [9.17, 15) is 18.3 Å². The van der Waals surface area contributed by atoms with Crippen molar-refractivity contribution in [2.24, 2.45) is 4.99 Å². The Morgan fingerprint density at radius 2 is 2.04 bits per heavy atom. The van der Waals surface area contributed by atoms with Crippen molar-refractivity contribution in [3.63, 3.8) is 0 Å². The average Bonchev–Trinajstić information content (AvgIpc) is 3.15. The maximum Gasteiger partial charge on any atom is 0.434 e. The van der Waals surface area contributed by atoms with Gasteiger partial charge in [0, 0.05) is 37.5 Å². The highest BCUT2D eigenvalue weighted by Gasteiger charge is 2.33. The maximum atomic E-state index is 12.6. The first-order chi connectivity index (χ1) is 13.4. The predicted molar refractivity (Wildman–Crippen MR) is 104 cm³/mol. The third kappa shape index (κ3) is 4.95. The second-order valence-electron chi connectivity index (χ2n) is 6.63. The zero-order valence-corrected chi connectivity index (χ0v) is 16.4. The molecule has 0 saturated carbocycles. The summed E-state index contributed by atoms with van der Waals surface area (Å²) in [5, 5.41) is 18.0. The third-order valence-electron chi connectivity index (χ3n) is 4.76. The molecule has 0 aliphatic heterocycles. The molecule has 1 aromatic heterocycles. The van der Waals surface area contributed by atoms with E-state index in [0.717, 1.165) is 41.5 Å². The molecule has 28 heavy (non-hydrogen) atoms. The van der Waals surface area contributed by atoms with Crippen molar-refractivity contribution >= 4 is 17.3 Å². The van der Waals surface area contributed by atoms with Crippen LogP contribution >= 0.6 is 11.3 Å². The fraction of sp³-hybridized carbons (Fsp3) is 0.474. The van der Waals surface area contributed by atoms with E-state index >= 15 is 0 Å². The Bertz CT molecular complexity index is 848. The number of phenolic OH excluding ortho intramolecular Hbond substituents is 1. The topological polar surface area (TPSA) is 69.5 Å². The van der Waals surface area contributed by atoms with E-state index in [1.807, 2.05) is 6.07 Å². The van der Waals surface area contributed by atoms with Crippen molar-refractivity contribution in [2.45, 2.75) is 44.8 Å². The number of hydrogen-bond donors (Lipinski definition) is 3. The van der Waals surface area contributed by atoms with Gasteiger partial charge in [0.15, 0.2) is 11.7 Å². The Morgan fingerprint density at radius 3 is 2.75 bits per heavy atom. The zero-order valence-electron chi connectivity index (χ0n) is 15.6. The lowest BCUT2D eigenvalue weighted by atomic mass is 9.88. The number of rotatable bonds is 5. The molecule has 1 heterocycles. The van der Waals surface area contributed by atoms with E-state index in [0.29, 0.717) is 30.5 Å². The van der Waals surface area contributed by atoms with Crippen LogP contribution in [0.25, 0.3) is 0 Å². The molecule has 0 fully saturated rings. The number of aromatic hydroxyl groups is 1. The number of aliphatic imine (C=N–C) groups is 1. The van der Waals surface area contributed by atoms with Crippen LogP contribution in [0.4, 0.5) is 13.2 Å². The largest absolute Gasteiger partial charge is 0.508 e. The molecule has 0 amide bonds. The van der Waals surface area contributed by atoms with Gasteiger partial charge in [0.25, 0.3) is 0 Å². The molecule has 0 saturated heterocycles. The fourth-order valence-electron chi connectivity index (χ4n) is 3.33. The number of thiazole rings is 1. The minimum atomic E-state index is -4.41. The van der Waals surface area contributed by atoms with Crippen molar-refractivity contribution < 1.29 is 18.3 Å². The van der Waals surface area contributed by atoms with Crippen molar-refractivity contribution in [1.82, 2.24) is 15.6 Å². The maximum absolute atomic E-state index is 12.6. The quantitative estimate of drug-likeness (QED) is 0.518. The number of nitrogens with one attached hydrogen (secondary N) is 2. The summed E-state index contributed by atoms with van der Waals surface area (Å²) in [5.74, 6) is 0.798. The molecule has 0 atom stereocenters. The molecule has 1 aliphatic rings. The number of aryl methyl sites for hydroxylation is 1. The normalized spacial score (nSPS) is 14.6. The molecule has 0 spiro atoms. The molecule has 152 valence electrons. The summed E-state index contributed by atoms with van der Waals surface area (Å²) >= 11 is 0.999. The second kappa shape index (κ2) is 8.81. The summed E-state index contributed by atoms with van der Waals surface area (Å²) in [7, 11) is 1.63. The highest BCUT2D eigenvalue weighted by molar-refractivity contribution is 7.09. The van der Waals surface area contributed by atoms with Gasteiger partial charge in [0.2, 0.25) is 0 Å². The summed E-state index contributed by atoms with van der Waals surface area (Å²) in [6.07, 6.45) is 0.233. The van der Waals surface area contributed by atoms with E-state index in [2.05, 4.69) is 20.6 Å². The van der Waals surface area contributed by atoms with Gasteiger partial charge in [0.05, 0.1) is 5.01 Å². The number of phenols is 1. The Hall–Kier alpha value is -2.29. The molecule has 2 aromatic rings. The van der Waals surface area contributed by atoms with E-state index in [-0.39, 0.29) is 5.75 Å². The Balaban J connectivity index is 1.54. The van der Waals surface area contributed by atoms with Crippen LogP contribution in [0.5, 0.6) is 5.75 Å². The van der Waals surface area contributed by atoms with Crippen LogP contribution in [0.1, 0.15) is 40.2 Å². The first-order valence-electron chi connectivity index (χ1n) is 9.17. The molecule has 3 N–H and O–H groups in total. The summed E-state index contributed by atoms with van der Waals surface area (Å²) < 4.78 is 37.8. The predicted octanol–water partition coefficient (Wildman–Crippen LogP) is 3.65. The molecule has 5 nitrogen and oxygen atoms in total. The van der Waals surface area contributed by atoms with Crippen LogP contribution < -0.4 is 10.6 Å². The smallest absolute Gasteiger partial charge is 0.434 e. The minimum absolute atomic E-state index is 0.270.